The van der Waals surface area contributed by atoms with Crippen molar-refractivity contribution in [2.45, 2.75) is 52.9 Å². The van der Waals surface area contributed by atoms with Gasteiger partial charge < -0.3 is 19.6 Å². The van der Waals surface area contributed by atoms with Crippen molar-refractivity contribution in [2.75, 3.05) is 6.61 Å². The number of aromatic nitrogens is 2. The van der Waals surface area contributed by atoms with Crippen LogP contribution in [-0.2, 0) is 14.3 Å². The van der Waals surface area contributed by atoms with E-state index >= 15 is 0 Å². The van der Waals surface area contributed by atoms with E-state index in [0.29, 0.717) is 18.8 Å². The van der Waals surface area contributed by atoms with Crippen LogP contribution in [0.1, 0.15) is 63.2 Å². The molecule has 4 bridgehead atoms. The Morgan fingerprint density at radius 1 is 1.26 bits per heavy atom. The molecule has 1 aromatic rings. The summed E-state index contributed by atoms with van der Waals surface area (Å²) in [4.78, 5) is 66.4. The minimum absolute atomic E-state index is 0.0345. The van der Waals surface area contributed by atoms with Gasteiger partial charge in [0.15, 0.2) is 0 Å². The maximum atomic E-state index is 13.4. The molecule has 9 heteroatoms. The first-order valence-corrected chi connectivity index (χ1v) is 12.5. The van der Waals surface area contributed by atoms with Crippen molar-refractivity contribution in [2.24, 2.45) is 45.8 Å². The maximum absolute atomic E-state index is 13.4. The third kappa shape index (κ3) is 2.78. The lowest BCUT2D eigenvalue weighted by Crippen LogP contribution is -2.62. The third-order valence-corrected chi connectivity index (χ3v) is 9.94. The topological polar surface area (TPSA) is 146 Å². The van der Waals surface area contributed by atoms with E-state index < -0.39 is 39.4 Å². The zero-order chi connectivity index (χ0) is 25.3. The predicted octanol–water partition coefficient (Wildman–Crippen LogP) is 2.53. The molecule has 1 heterocycles. The van der Waals surface area contributed by atoms with Crippen molar-refractivity contribution in [3.63, 3.8) is 0 Å². The first-order chi connectivity index (χ1) is 16.6. The highest BCUT2D eigenvalue weighted by molar-refractivity contribution is 5.90. The summed E-state index contributed by atoms with van der Waals surface area (Å²) in [6.45, 7) is 6.08. The molecule has 0 spiro atoms. The molecule has 4 aliphatic rings. The van der Waals surface area contributed by atoms with Crippen LogP contribution in [-0.4, -0.2) is 39.9 Å². The Kier molecular flexibility index (Phi) is 5.27. The number of esters is 1. The number of H-pyrrole nitrogens is 2. The number of fused-ring (bicyclic) bond motifs is 2. The number of carbonyl (C=O) groups is 3. The Morgan fingerprint density at radius 3 is 2.63 bits per heavy atom. The van der Waals surface area contributed by atoms with Crippen molar-refractivity contribution in [3.05, 3.63) is 44.2 Å². The second-order valence-electron chi connectivity index (χ2n) is 11.4. The molecule has 4 aliphatic carbocycles. The molecule has 0 amide bonds. The molecule has 35 heavy (non-hydrogen) atoms. The molecule has 3 saturated carbocycles. The summed E-state index contributed by atoms with van der Waals surface area (Å²) < 4.78 is 5.46. The molecule has 0 aromatic carbocycles. The molecule has 188 valence electrons. The summed E-state index contributed by atoms with van der Waals surface area (Å²) in [5.74, 6) is -1.28. The van der Waals surface area contributed by atoms with Crippen molar-refractivity contribution in [1.82, 2.24) is 9.97 Å². The number of carboxylic acids is 1. The van der Waals surface area contributed by atoms with Crippen LogP contribution >= 0.6 is 0 Å². The van der Waals surface area contributed by atoms with Crippen LogP contribution in [0.3, 0.4) is 0 Å². The summed E-state index contributed by atoms with van der Waals surface area (Å²) in [6, 6.07) is 0. The van der Waals surface area contributed by atoms with E-state index in [1.165, 1.54) is 0 Å². The fourth-order valence-corrected chi connectivity index (χ4v) is 8.80. The van der Waals surface area contributed by atoms with E-state index in [1.807, 2.05) is 18.8 Å². The minimum atomic E-state index is -1.33. The van der Waals surface area contributed by atoms with Crippen LogP contribution < -0.4 is 11.2 Å². The fraction of sp³-hybridized carbons (Fsp3) is 0.654. The van der Waals surface area contributed by atoms with Crippen molar-refractivity contribution >= 4 is 18.2 Å². The molecule has 7 atom stereocenters. The number of rotatable bonds is 7. The number of ether oxygens (including phenoxy) is 1. The van der Waals surface area contributed by atoms with Gasteiger partial charge >= 0.3 is 17.6 Å². The molecule has 0 aliphatic heterocycles. The smallest absolute Gasteiger partial charge is 0.345 e. The summed E-state index contributed by atoms with van der Waals surface area (Å²) in [5, 5.41) is 10.9. The molecule has 6 unspecified atom stereocenters. The molecular weight excluding hydrogens is 452 g/mol. The number of aliphatic carboxylic acids is 1. The second-order valence-corrected chi connectivity index (χ2v) is 11.4. The summed E-state index contributed by atoms with van der Waals surface area (Å²) in [7, 11) is 0. The normalized spacial score (nSPS) is 38.8. The van der Waals surface area contributed by atoms with Gasteiger partial charge in [-0.3, -0.25) is 14.6 Å². The summed E-state index contributed by atoms with van der Waals surface area (Å²) in [5.41, 5.74) is -4.09. The quantitative estimate of drug-likeness (QED) is 0.306. The highest BCUT2D eigenvalue weighted by Gasteiger charge is 2.83. The molecule has 1 aromatic heterocycles. The van der Waals surface area contributed by atoms with Gasteiger partial charge in [-0.05, 0) is 55.3 Å². The van der Waals surface area contributed by atoms with Gasteiger partial charge in [0.2, 0.25) is 0 Å². The highest BCUT2D eigenvalue weighted by atomic mass is 16.5. The SMILES string of the molecule is CC(C)C1=CC2CC3(C=O)C4CC[C@@H](C)C4CC2(CCOC(=O)c2c[nH]c(=O)[nH]c2=O)C13C(=O)O. The predicted molar refractivity (Wildman–Crippen MR) is 125 cm³/mol. The Morgan fingerprint density at radius 2 is 2.00 bits per heavy atom. The average Bonchev–Trinajstić information content (AvgIpc) is 3.36. The minimum Gasteiger partial charge on any atom is -0.481 e. The van der Waals surface area contributed by atoms with E-state index in [4.69, 9.17) is 4.74 Å². The van der Waals surface area contributed by atoms with E-state index in [-0.39, 0.29) is 42.3 Å². The molecule has 0 radical (unpaired) electrons. The monoisotopic (exact) mass is 484 g/mol. The maximum Gasteiger partial charge on any atom is 0.345 e. The number of carbonyl (C=O) groups excluding carboxylic acids is 2. The zero-order valence-corrected chi connectivity index (χ0v) is 20.3. The largest absolute Gasteiger partial charge is 0.481 e. The van der Waals surface area contributed by atoms with Crippen LogP contribution in [0, 0.1) is 45.8 Å². The fourth-order valence-electron chi connectivity index (χ4n) is 8.80. The Hall–Kier alpha value is -2.97. The van der Waals surface area contributed by atoms with Crippen LogP contribution in [0.4, 0.5) is 0 Å². The Balaban J connectivity index is 1.54. The molecule has 9 nitrogen and oxygen atoms in total. The molecule has 5 rings (SSSR count). The number of carboxylic acid groups (broad SMARTS) is 1. The van der Waals surface area contributed by atoms with Gasteiger partial charge in [-0.25, -0.2) is 9.59 Å². The van der Waals surface area contributed by atoms with E-state index in [2.05, 4.69) is 18.0 Å². The van der Waals surface area contributed by atoms with E-state index in [9.17, 15) is 29.1 Å². The molecule has 0 saturated heterocycles. The number of nitrogens with one attached hydrogen (secondary N) is 2. The lowest BCUT2D eigenvalue weighted by Gasteiger charge is -2.58. The second kappa shape index (κ2) is 7.77. The first kappa shape index (κ1) is 23.8. The molecular formula is C26H32N2O7. The third-order valence-electron chi connectivity index (χ3n) is 9.94. The lowest BCUT2D eigenvalue weighted by molar-refractivity contribution is -0.181. The van der Waals surface area contributed by atoms with Gasteiger partial charge in [-0.1, -0.05) is 38.8 Å². The standard InChI is InChI=1S/C26H32N2O7/c1-13(2)19-8-15-9-25(12-29)18-5-4-14(3)16(18)10-24(15,26(19,25)22(32)33)6-7-35-21(31)17-11-27-23(34)28-20(17)30/h8,11-16,18H,4-7,9-10H2,1-3H3,(H,32,33)(H2,27,28,30,34)/t14-,15?,16?,18?,24?,25?,26?/m1/s1. The zero-order valence-electron chi connectivity index (χ0n) is 20.3. The number of aromatic amines is 2. The number of hydrogen-bond donors (Lipinski definition) is 3. The van der Waals surface area contributed by atoms with Crippen LogP contribution in [0.2, 0.25) is 0 Å². The van der Waals surface area contributed by atoms with Gasteiger partial charge in [0.05, 0.1) is 12.0 Å². The molecule has 3 fully saturated rings. The number of hydrogen-bond acceptors (Lipinski definition) is 6. The van der Waals surface area contributed by atoms with Gasteiger partial charge in [0, 0.05) is 11.6 Å². The van der Waals surface area contributed by atoms with Gasteiger partial charge in [0.1, 0.15) is 17.3 Å². The number of aldehydes is 1. The Labute approximate surface area is 202 Å². The number of allylic oxidation sites excluding steroid dienone is 1. The first-order valence-electron chi connectivity index (χ1n) is 12.5. The average molecular weight is 485 g/mol. The van der Waals surface area contributed by atoms with Crippen LogP contribution in [0.5, 0.6) is 0 Å². The van der Waals surface area contributed by atoms with E-state index in [0.717, 1.165) is 30.9 Å². The van der Waals surface area contributed by atoms with Crippen molar-refractivity contribution < 1.29 is 24.2 Å². The van der Waals surface area contributed by atoms with Gasteiger partial charge in [-0.2, -0.15) is 0 Å². The van der Waals surface area contributed by atoms with Crippen LogP contribution in [0.15, 0.2) is 27.4 Å². The highest BCUT2D eigenvalue weighted by Crippen LogP contribution is 2.83. The lowest BCUT2D eigenvalue weighted by atomic mass is 9.42. The molecule has 3 N–H and O–H groups in total. The van der Waals surface area contributed by atoms with Gasteiger partial charge in [0.25, 0.3) is 5.56 Å². The van der Waals surface area contributed by atoms with Gasteiger partial charge in [-0.15, -0.1) is 0 Å². The van der Waals surface area contributed by atoms with Crippen molar-refractivity contribution in [3.8, 4) is 0 Å². The Bertz CT molecular complexity index is 1240. The van der Waals surface area contributed by atoms with E-state index in [1.54, 1.807) is 0 Å². The van der Waals surface area contributed by atoms with Crippen LogP contribution in [0.25, 0.3) is 0 Å². The van der Waals surface area contributed by atoms with Crippen molar-refractivity contribution in [1.29, 1.82) is 0 Å². The summed E-state index contributed by atoms with van der Waals surface area (Å²) >= 11 is 0. The summed E-state index contributed by atoms with van der Waals surface area (Å²) in [6.07, 6.45) is 7.39.